The number of aryl methyl sites for hydroxylation is 2. The van der Waals surface area contributed by atoms with Gasteiger partial charge >= 0.3 is 5.97 Å². The molecule has 0 atom stereocenters. The van der Waals surface area contributed by atoms with Crippen molar-refractivity contribution in [2.75, 3.05) is 12.0 Å². The van der Waals surface area contributed by atoms with Gasteiger partial charge in [0.25, 0.3) is 5.91 Å². The first-order valence-electron chi connectivity index (χ1n) is 7.14. The summed E-state index contributed by atoms with van der Waals surface area (Å²) in [5.74, 6) is -0.593. The summed E-state index contributed by atoms with van der Waals surface area (Å²) >= 11 is 0. The Labute approximate surface area is 134 Å². The molecular weight excluding hydrogens is 296 g/mol. The molecule has 1 amide bonds. The fourth-order valence-corrected chi connectivity index (χ4v) is 2.08. The minimum Gasteiger partial charge on any atom is -0.462 e. The van der Waals surface area contributed by atoms with Crippen LogP contribution in [0.1, 0.15) is 38.9 Å². The van der Waals surface area contributed by atoms with Crippen LogP contribution in [-0.4, -0.2) is 28.5 Å². The predicted molar refractivity (Wildman–Crippen MR) is 85.0 cm³/mol. The number of anilines is 1. The van der Waals surface area contributed by atoms with E-state index in [0.29, 0.717) is 11.1 Å². The second-order valence-electron chi connectivity index (χ2n) is 4.84. The number of nitrogens with one attached hydrogen (secondary N) is 2. The maximum absolute atomic E-state index is 12.1. The number of amides is 1. The Morgan fingerprint density at radius 3 is 2.57 bits per heavy atom. The molecule has 0 radical (unpaired) electrons. The van der Waals surface area contributed by atoms with Gasteiger partial charge in [-0.2, -0.15) is 0 Å². The molecule has 0 fully saturated rings. The summed E-state index contributed by atoms with van der Waals surface area (Å²) in [6.45, 7) is 5.58. The van der Waals surface area contributed by atoms with E-state index in [0.717, 1.165) is 11.3 Å². The first-order valence-corrected chi connectivity index (χ1v) is 7.14. The third-order valence-corrected chi connectivity index (χ3v) is 3.06. The molecule has 0 aliphatic carbocycles. The Morgan fingerprint density at radius 2 is 1.91 bits per heavy atom. The van der Waals surface area contributed by atoms with Gasteiger partial charge < -0.3 is 4.74 Å². The zero-order chi connectivity index (χ0) is 16.8. The molecule has 2 N–H and O–H groups in total. The fourth-order valence-electron chi connectivity index (χ4n) is 2.08. The van der Waals surface area contributed by atoms with Gasteiger partial charge in [0, 0.05) is 23.7 Å². The lowest BCUT2D eigenvalue weighted by atomic mass is 10.1. The van der Waals surface area contributed by atoms with Crippen molar-refractivity contribution in [3.63, 3.8) is 0 Å². The van der Waals surface area contributed by atoms with Crippen LogP contribution in [0.5, 0.6) is 0 Å². The normalized spacial score (nSPS) is 10.0. The van der Waals surface area contributed by atoms with Gasteiger partial charge in [0.15, 0.2) is 5.82 Å². The highest BCUT2D eigenvalue weighted by Crippen LogP contribution is 2.19. The number of nitrogens with zero attached hydrogens (tertiary/aromatic N) is 2. The number of rotatable bonds is 5. The van der Waals surface area contributed by atoms with E-state index in [1.165, 1.54) is 12.4 Å². The molecule has 2 heterocycles. The molecule has 120 valence electrons. The first kappa shape index (κ1) is 16.4. The predicted octanol–water partition coefficient (Wildman–Crippen LogP) is 2.03. The van der Waals surface area contributed by atoms with Gasteiger partial charge in [-0.05, 0) is 44.5 Å². The van der Waals surface area contributed by atoms with E-state index in [-0.39, 0.29) is 18.3 Å². The number of hydrogen-bond donors (Lipinski definition) is 2. The summed E-state index contributed by atoms with van der Waals surface area (Å²) in [7, 11) is 0. The highest BCUT2D eigenvalue weighted by Gasteiger charge is 2.18. The van der Waals surface area contributed by atoms with Crippen molar-refractivity contribution in [3.05, 3.63) is 53.0 Å². The summed E-state index contributed by atoms with van der Waals surface area (Å²) in [6.07, 6.45) is 3.04. The largest absolute Gasteiger partial charge is 0.462 e. The van der Waals surface area contributed by atoms with Crippen molar-refractivity contribution in [2.24, 2.45) is 0 Å². The molecule has 0 spiro atoms. The van der Waals surface area contributed by atoms with Crippen molar-refractivity contribution in [1.82, 2.24) is 15.4 Å². The van der Waals surface area contributed by atoms with Crippen molar-refractivity contribution in [2.45, 2.75) is 20.8 Å². The molecule has 0 aliphatic heterocycles. The number of hydrazine groups is 1. The molecule has 2 aromatic heterocycles. The van der Waals surface area contributed by atoms with E-state index >= 15 is 0 Å². The Kier molecular flexibility index (Phi) is 5.24. The molecule has 7 nitrogen and oxygen atoms in total. The second-order valence-corrected chi connectivity index (χ2v) is 4.84. The van der Waals surface area contributed by atoms with Crippen LogP contribution < -0.4 is 10.9 Å². The van der Waals surface area contributed by atoms with Crippen LogP contribution in [0.2, 0.25) is 0 Å². The van der Waals surface area contributed by atoms with Crippen LogP contribution in [0, 0.1) is 13.8 Å². The molecule has 23 heavy (non-hydrogen) atoms. The Morgan fingerprint density at radius 1 is 1.22 bits per heavy atom. The lowest BCUT2D eigenvalue weighted by molar-refractivity contribution is 0.0525. The molecule has 2 rings (SSSR count). The van der Waals surface area contributed by atoms with E-state index < -0.39 is 5.97 Å². The number of hydrogen-bond acceptors (Lipinski definition) is 6. The number of pyridine rings is 2. The molecule has 0 saturated heterocycles. The zero-order valence-corrected chi connectivity index (χ0v) is 13.2. The van der Waals surface area contributed by atoms with E-state index in [9.17, 15) is 9.59 Å². The number of carbonyl (C=O) groups excluding carboxylic acids is 2. The van der Waals surface area contributed by atoms with Crippen molar-refractivity contribution in [1.29, 1.82) is 0 Å². The lowest BCUT2D eigenvalue weighted by Gasteiger charge is -2.14. The molecule has 2 aromatic rings. The summed E-state index contributed by atoms with van der Waals surface area (Å²) in [6, 6.07) is 4.94. The van der Waals surface area contributed by atoms with Crippen LogP contribution in [0.15, 0.2) is 30.6 Å². The fraction of sp³-hybridized carbons (Fsp3) is 0.250. The molecule has 0 unspecified atom stereocenters. The average Bonchev–Trinajstić information content (AvgIpc) is 2.53. The van der Waals surface area contributed by atoms with Gasteiger partial charge in [0.2, 0.25) is 0 Å². The maximum atomic E-state index is 12.1. The van der Waals surface area contributed by atoms with E-state index in [1.54, 1.807) is 39.0 Å². The van der Waals surface area contributed by atoms with Crippen molar-refractivity contribution >= 4 is 17.7 Å². The third-order valence-electron chi connectivity index (χ3n) is 3.06. The number of ether oxygens (including phenoxy) is 1. The summed E-state index contributed by atoms with van der Waals surface area (Å²) in [5, 5.41) is 0. The number of esters is 1. The summed E-state index contributed by atoms with van der Waals surface area (Å²) < 4.78 is 5.04. The quantitative estimate of drug-likeness (QED) is 0.648. The zero-order valence-electron chi connectivity index (χ0n) is 13.2. The highest BCUT2D eigenvalue weighted by molar-refractivity contribution is 5.98. The van der Waals surface area contributed by atoms with Crippen LogP contribution in [0.3, 0.4) is 0 Å². The van der Waals surface area contributed by atoms with Gasteiger partial charge in [-0.25, -0.2) is 9.78 Å². The SMILES string of the molecule is CCOC(=O)c1c(C)cc(C)nc1NNC(=O)c1ccncc1. The summed E-state index contributed by atoms with van der Waals surface area (Å²) in [4.78, 5) is 32.3. The van der Waals surface area contributed by atoms with Crippen LogP contribution in [0.4, 0.5) is 5.82 Å². The molecule has 0 bridgehead atoms. The van der Waals surface area contributed by atoms with E-state index in [2.05, 4.69) is 20.8 Å². The van der Waals surface area contributed by atoms with Gasteiger partial charge in [0.1, 0.15) is 5.56 Å². The molecular formula is C16H18N4O3. The monoisotopic (exact) mass is 314 g/mol. The molecule has 0 aliphatic rings. The lowest BCUT2D eigenvalue weighted by Crippen LogP contribution is -2.31. The Hall–Kier alpha value is -2.96. The standard InChI is InChI=1S/C16H18N4O3/c1-4-23-16(22)13-10(2)9-11(3)18-14(13)19-20-15(21)12-5-7-17-8-6-12/h5-9H,4H2,1-3H3,(H,18,19)(H,20,21). The van der Waals surface area contributed by atoms with Crippen molar-refractivity contribution < 1.29 is 14.3 Å². The second kappa shape index (κ2) is 7.35. The van der Waals surface area contributed by atoms with Gasteiger partial charge in [0.05, 0.1) is 6.61 Å². The van der Waals surface area contributed by atoms with Gasteiger partial charge in [-0.15, -0.1) is 0 Å². The highest BCUT2D eigenvalue weighted by atomic mass is 16.5. The van der Waals surface area contributed by atoms with Crippen LogP contribution in [-0.2, 0) is 4.74 Å². The van der Waals surface area contributed by atoms with Gasteiger partial charge in [-0.3, -0.25) is 20.6 Å². The third kappa shape index (κ3) is 4.03. The molecule has 7 heteroatoms. The number of carbonyl (C=O) groups is 2. The average molecular weight is 314 g/mol. The van der Waals surface area contributed by atoms with Gasteiger partial charge in [-0.1, -0.05) is 0 Å². The Bertz CT molecular complexity index is 717. The van der Waals surface area contributed by atoms with Crippen LogP contribution >= 0.6 is 0 Å². The maximum Gasteiger partial charge on any atom is 0.342 e. The summed E-state index contributed by atoms with van der Waals surface area (Å²) in [5.41, 5.74) is 7.40. The molecule has 0 aromatic carbocycles. The minimum absolute atomic E-state index is 0.253. The topological polar surface area (TPSA) is 93.2 Å². The number of aromatic nitrogens is 2. The Balaban J connectivity index is 2.22. The first-order chi connectivity index (χ1) is 11.0. The van der Waals surface area contributed by atoms with Crippen LogP contribution in [0.25, 0.3) is 0 Å². The molecule has 0 saturated carbocycles. The minimum atomic E-state index is -0.488. The smallest absolute Gasteiger partial charge is 0.342 e. The van der Waals surface area contributed by atoms with E-state index in [1.807, 2.05) is 0 Å². The van der Waals surface area contributed by atoms with Crippen molar-refractivity contribution in [3.8, 4) is 0 Å². The van der Waals surface area contributed by atoms with E-state index in [4.69, 9.17) is 4.74 Å².